The van der Waals surface area contributed by atoms with Crippen LogP contribution >= 0.6 is 0 Å². The summed E-state index contributed by atoms with van der Waals surface area (Å²) in [6.45, 7) is 7.73. The van der Waals surface area contributed by atoms with Crippen molar-refractivity contribution in [1.29, 1.82) is 0 Å². The number of aromatic amines is 1. The smallest absolute Gasteiger partial charge is 0.260 e. The van der Waals surface area contributed by atoms with Gasteiger partial charge in [0, 0.05) is 24.7 Å². The fourth-order valence-electron chi connectivity index (χ4n) is 2.23. The Morgan fingerprint density at radius 3 is 3.00 bits per heavy atom. The van der Waals surface area contributed by atoms with Gasteiger partial charge in [0.15, 0.2) is 5.03 Å². The summed E-state index contributed by atoms with van der Waals surface area (Å²) in [7, 11) is -3.57. The summed E-state index contributed by atoms with van der Waals surface area (Å²) in [5.74, 6) is 0. The van der Waals surface area contributed by atoms with Crippen molar-refractivity contribution in [2.75, 3.05) is 19.7 Å². The minimum Gasteiger partial charge on any atom is -0.375 e. The molecule has 2 atom stereocenters. The van der Waals surface area contributed by atoms with Gasteiger partial charge in [0.05, 0.1) is 18.9 Å². The van der Waals surface area contributed by atoms with Crippen LogP contribution in [0, 0.1) is 0 Å². The number of hydrogen-bond donors (Lipinski definition) is 2. The molecule has 1 aliphatic heterocycles. The summed E-state index contributed by atoms with van der Waals surface area (Å²) < 4.78 is 32.5. The molecule has 0 bridgehead atoms. The van der Waals surface area contributed by atoms with Crippen molar-refractivity contribution in [1.82, 2.24) is 19.8 Å². The van der Waals surface area contributed by atoms with E-state index < -0.39 is 10.0 Å². The Bertz CT molecular complexity index is 543. The topological polar surface area (TPSA) is 87.3 Å². The first kappa shape index (κ1) is 15.4. The molecule has 1 fully saturated rings. The van der Waals surface area contributed by atoms with E-state index in [2.05, 4.69) is 15.5 Å². The quantitative estimate of drug-likeness (QED) is 0.818. The first-order valence-corrected chi connectivity index (χ1v) is 8.27. The number of H-pyrrole nitrogens is 1. The second-order valence-electron chi connectivity index (χ2n) is 5.07. The Balaban J connectivity index is 2.27. The van der Waals surface area contributed by atoms with E-state index in [1.807, 2.05) is 20.8 Å². The largest absolute Gasteiger partial charge is 0.375 e. The highest BCUT2D eigenvalue weighted by Crippen LogP contribution is 2.23. The number of morpholine rings is 1. The van der Waals surface area contributed by atoms with Crippen LogP contribution in [0.4, 0.5) is 0 Å². The lowest BCUT2D eigenvalue weighted by Crippen LogP contribution is -2.50. The summed E-state index contributed by atoms with van der Waals surface area (Å²) in [5.41, 5.74) is 0.665. The number of nitrogens with one attached hydrogen (secondary N) is 2. The molecular weight excluding hydrogens is 280 g/mol. The van der Waals surface area contributed by atoms with Gasteiger partial charge in [-0.1, -0.05) is 6.92 Å². The zero-order valence-electron chi connectivity index (χ0n) is 12.1. The van der Waals surface area contributed by atoms with E-state index in [1.165, 1.54) is 4.31 Å². The van der Waals surface area contributed by atoms with Crippen LogP contribution in [-0.4, -0.2) is 54.8 Å². The molecule has 0 saturated carbocycles. The Labute approximate surface area is 119 Å². The number of ether oxygens (including phenoxy) is 1. The Morgan fingerprint density at radius 1 is 1.55 bits per heavy atom. The van der Waals surface area contributed by atoms with E-state index in [0.717, 1.165) is 6.54 Å². The summed E-state index contributed by atoms with van der Waals surface area (Å²) >= 11 is 0. The highest BCUT2D eigenvalue weighted by molar-refractivity contribution is 7.89. The van der Waals surface area contributed by atoms with Gasteiger partial charge in [0.2, 0.25) is 0 Å². The summed E-state index contributed by atoms with van der Waals surface area (Å²) in [6.07, 6.45) is 1.46. The maximum absolute atomic E-state index is 12.8. The van der Waals surface area contributed by atoms with Gasteiger partial charge in [0.1, 0.15) is 0 Å². The Morgan fingerprint density at radius 2 is 2.30 bits per heavy atom. The van der Waals surface area contributed by atoms with E-state index in [-0.39, 0.29) is 17.2 Å². The lowest BCUT2D eigenvalue weighted by molar-refractivity contribution is -0.0171. The van der Waals surface area contributed by atoms with Crippen molar-refractivity contribution in [3.05, 3.63) is 11.8 Å². The van der Waals surface area contributed by atoms with E-state index >= 15 is 0 Å². The molecule has 1 aliphatic rings. The summed E-state index contributed by atoms with van der Waals surface area (Å²) in [4.78, 5) is 0. The number of aromatic nitrogens is 2. The average molecular weight is 302 g/mol. The predicted octanol–water partition coefficient (Wildman–Crippen LogP) is 0.317. The van der Waals surface area contributed by atoms with Gasteiger partial charge >= 0.3 is 0 Å². The maximum atomic E-state index is 12.8. The molecule has 2 heterocycles. The van der Waals surface area contributed by atoms with Gasteiger partial charge in [-0.3, -0.25) is 5.10 Å². The molecule has 8 heteroatoms. The van der Waals surface area contributed by atoms with Crippen molar-refractivity contribution in [2.45, 2.75) is 44.5 Å². The maximum Gasteiger partial charge on any atom is 0.260 e. The molecule has 1 aromatic heterocycles. The summed E-state index contributed by atoms with van der Waals surface area (Å²) in [6, 6.07) is -0.175. The molecule has 2 rings (SSSR count). The van der Waals surface area contributed by atoms with E-state index in [1.54, 1.807) is 6.20 Å². The standard InChI is InChI=1S/C12H22N4O3S/c1-4-13-5-11-6-14-15-12(11)20(17,18)16-7-10(3)19-8-9(16)2/h6,9-10,13H,4-5,7-8H2,1-3H3,(H,14,15). The molecule has 0 aliphatic carbocycles. The summed E-state index contributed by atoms with van der Waals surface area (Å²) in [5, 5.41) is 9.80. The molecular formula is C12H22N4O3S. The third-order valence-corrected chi connectivity index (χ3v) is 5.36. The number of sulfonamides is 1. The minimum atomic E-state index is -3.57. The monoisotopic (exact) mass is 302 g/mol. The van der Waals surface area contributed by atoms with Crippen molar-refractivity contribution in [2.24, 2.45) is 0 Å². The molecule has 114 valence electrons. The van der Waals surface area contributed by atoms with Crippen molar-refractivity contribution in [3.8, 4) is 0 Å². The lowest BCUT2D eigenvalue weighted by Gasteiger charge is -2.35. The molecule has 20 heavy (non-hydrogen) atoms. The Kier molecular flexibility index (Phi) is 4.79. The predicted molar refractivity (Wildman–Crippen MR) is 74.7 cm³/mol. The van der Waals surface area contributed by atoms with Crippen LogP contribution in [0.5, 0.6) is 0 Å². The highest BCUT2D eigenvalue weighted by Gasteiger charge is 2.36. The SMILES string of the molecule is CCNCc1cn[nH]c1S(=O)(=O)N1CC(C)OCC1C. The van der Waals surface area contributed by atoms with Crippen LogP contribution in [0.15, 0.2) is 11.2 Å². The number of hydrogen-bond acceptors (Lipinski definition) is 5. The van der Waals surface area contributed by atoms with Crippen molar-refractivity contribution >= 4 is 10.0 Å². The van der Waals surface area contributed by atoms with Gasteiger partial charge < -0.3 is 10.1 Å². The zero-order chi connectivity index (χ0) is 14.8. The molecule has 2 unspecified atom stereocenters. The molecule has 1 saturated heterocycles. The molecule has 0 spiro atoms. The van der Waals surface area contributed by atoms with Crippen LogP contribution < -0.4 is 5.32 Å². The van der Waals surface area contributed by atoms with Crippen LogP contribution in [0.2, 0.25) is 0 Å². The van der Waals surface area contributed by atoms with Gasteiger partial charge in [-0.2, -0.15) is 9.40 Å². The third kappa shape index (κ3) is 3.03. The third-order valence-electron chi connectivity index (χ3n) is 3.36. The second kappa shape index (κ2) is 6.21. The van der Waals surface area contributed by atoms with Gasteiger partial charge in [-0.15, -0.1) is 0 Å². The fraction of sp³-hybridized carbons (Fsp3) is 0.750. The molecule has 7 nitrogen and oxygen atoms in total. The van der Waals surface area contributed by atoms with Crippen molar-refractivity contribution < 1.29 is 13.2 Å². The average Bonchev–Trinajstić information content (AvgIpc) is 2.88. The van der Waals surface area contributed by atoms with Crippen LogP contribution in [0.3, 0.4) is 0 Å². The van der Waals surface area contributed by atoms with Crippen molar-refractivity contribution in [3.63, 3.8) is 0 Å². The number of nitrogens with zero attached hydrogens (tertiary/aromatic N) is 2. The van der Waals surface area contributed by atoms with Gasteiger partial charge in [-0.25, -0.2) is 8.42 Å². The first-order chi connectivity index (χ1) is 9.46. The molecule has 1 aromatic rings. The highest BCUT2D eigenvalue weighted by atomic mass is 32.2. The van der Waals surface area contributed by atoms with E-state index in [9.17, 15) is 8.42 Å². The molecule has 0 amide bonds. The van der Waals surface area contributed by atoms with Crippen LogP contribution in [0.25, 0.3) is 0 Å². The molecule has 2 N–H and O–H groups in total. The number of rotatable bonds is 5. The molecule has 0 aromatic carbocycles. The molecule has 0 radical (unpaired) electrons. The van der Waals surface area contributed by atoms with Gasteiger partial charge in [0.25, 0.3) is 10.0 Å². The van der Waals surface area contributed by atoms with Crippen LogP contribution in [0.1, 0.15) is 26.3 Å². The first-order valence-electron chi connectivity index (χ1n) is 6.83. The normalized spacial score (nSPS) is 24.9. The van der Waals surface area contributed by atoms with E-state index in [0.29, 0.717) is 25.3 Å². The second-order valence-corrected chi connectivity index (χ2v) is 6.90. The fourth-order valence-corrected chi connectivity index (χ4v) is 4.03. The lowest BCUT2D eigenvalue weighted by atomic mass is 10.2. The Hall–Kier alpha value is -0.960. The minimum absolute atomic E-state index is 0.0962. The zero-order valence-corrected chi connectivity index (χ0v) is 12.9. The van der Waals surface area contributed by atoms with Gasteiger partial charge in [-0.05, 0) is 20.4 Å². The van der Waals surface area contributed by atoms with Crippen LogP contribution in [-0.2, 0) is 21.3 Å². The van der Waals surface area contributed by atoms with E-state index in [4.69, 9.17) is 4.74 Å².